The van der Waals surface area contributed by atoms with Crippen molar-refractivity contribution in [1.29, 1.82) is 0 Å². The first-order chi connectivity index (χ1) is 6.70. The van der Waals surface area contributed by atoms with E-state index in [1.807, 2.05) is 23.4 Å². The summed E-state index contributed by atoms with van der Waals surface area (Å²) in [5.41, 5.74) is 0. The lowest BCUT2D eigenvalue weighted by molar-refractivity contribution is 0.0685. The van der Waals surface area contributed by atoms with Gasteiger partial charge in [-0.1, -0.05) is 0 Å². The highest BCUT2D eigenvalue weighted by atomic mass is 79.9. The number of amides is 1. The van der Waals surface area contributed by atoms with Gasteiger partial charge in [0.2, 0.25) is 0 Å². The molecule has 1 fully saturated rings. The van der Waals surface area contributed by atoms with Crippen LogP contribution in [0, 0.1) is 0 Å². The molecule has 2 heterocycles. The van der Waals surface area contributed by atoms with Crippen molar-refractivity contribution in [2.75, 3.05) is 20.1 Å². The lowest BCUT2D eigenvalue weighted by Crippen LogP contribution is -2.57. The highest BCUT2D eigenvalue weighted by molar-refractivity contribution is 9.10. The number of halogens is 1. The van der Waals surface area contributed by atoms with Gasteiger partial charge in [0.25, 0.3) is 5.91 Å². The molecule has 1 aliphatic rings. The van der Waals surface area contributed by atoms with E-state index in [4.69, 9.17) is 0 Å². The Bertz CT molecular complexity index is 348. The number of hydrogen-bond acceptors (Lipinski definition) is 3. The smallest absolute Gasteiger partial charge is 0.265 e. The van der Waals surface area contributed by atoms with Crippen molar-refractivity contribution < 1.29 is 4.79 Å². The molecule has 1 aromatic rings. The van der Waals surface area contributed by atoms with Gasteiger partial charge in [-0.3, -0.25) is 4.79 Å². The van der Waals surface area contributed by atoms with Crippen molar-refractivity contribution in [3.63, 3.8) is 0 Å². The van der Waals surface area contributed by atoms with Crippen LogP contribution in [0.25, 0.3) is 0 Å². The molecule has 14 heavy (non-hydrogen) atoms. The molecule has 0 spiro atoms. The van der Waals surface area contributed by atoms with Gasteiger partial charge < -0.3 is 10.2 Å². The summed E-state index contributed by atoms with van der Waals surface area (Å²) in [6, 6.07) is 2.27. The molecule has 0 radical (unpaired) electrons. The standard InChI is InChI=1S/C9H11BrN2OS/c1-12(6-4-11-5-6)9(13)8-7(10)2-3-14-8/h2-3,6,11H,4-5H2,1H3. The first-order valence-electron chi connectivity index (χ1n) is 4.41. The fourth-order valence-electron chi connectivity index (χ4n) is 1.32. The lowest BCUT2D eigenvalue weighted by atomic mass is 10.1. The third-order valence-electron chi connectivity index (χ3n) is 2.44. The molecule has 0 unspecified atom stereocenters. The van der Waals surface area contributed by atoms with Crippen LogP contribution in [-0.4, -0.2) is 37.0 Å². The number of rotatable bonds is 2. The van der Waals surface area contributed by atoms with Gasteiger partial charge in [0, 0.05) is 24.6 Å². The highest BCUT2D eigenvalue weighted by Crippen LogP contribution is 2.24. The Morgan fingerprint density at radius 1 is 1.71 bits per heavy atom. The minimum absolute atomic E-state index is 0.110. The third kappa shape index (κ3) is 1.71. The van der Waals surface area contributed by atoms with Crippen LogP contribution in [0.4, 0.5) is 0 Å². The number of carbonyl (C=O) groups excluding carboxylic acids is 1. The van der Waals surface area contributed by atoms with E-state index in [0.29, 0.717) is 6.04 Å². The fourth-order valence-corrected chi connectivity index (χ4v) is 2.84. The van der Waals surface area contributed by atoms with Gasteiger partial charge in [0.1, 0.15) is 4.88 Å². The van der Waals surface area contributed by atoms with Crippen LogP contribution in [0.1, 0.15) is 9.67 Å². The zero-order valence-corrected chi connectivity index (χ0v) is 10.2. The minimum Gasteiger partial charge on any atom is -0.335 e. The van der Waals surface area contributed by atoms with Crippen molar-refractivity contribution >= 4 is 33.2 Å². The van der Waals surface area contributed by atoms with Crippen LogP contribution in [0.15, 0.2) is 15.9 Å². The topological polar surface area (TPSA) is 32.3 Å². The van der Waals surface area contributed by atoms with Gasteiger partial charge in [-0.05, 0) is 27.4 Å². The molecule has 1 saturated heterocycles. The number of nitrogens with zero attached hydrogens (tertiary/aromatic N) is 1. The van der Waals surface area contributed by atoms with Crippen LogP contribution >= 0.6 is 27.3 Å². The molecule has 0 aromatic carbocycles. The molecule has 76 valence electrons. The summed E-state index contributed by atoms with van der Waals surface area (Å²) in [4.78, 5) is 14.5. The van der Waals surface area contributed by atoms with E-state index in [-0.39, 0.29) is 5.91 Å². The maximum atomic E-state index is 11.9. The molecular formula is C9H11BrN2OS. The van der Waals surface area contributed by atoms with Crippen LogP contribution < -0.4 is 5.32 Å². The number of hydrogen-bond donors (Lipinski definition) is 1. The molecule has 1 aromatic heterocycles. The quantitative estimate of drug-likeness (QED) is 0.888. The summed E-state index contributed by atoms with van der Waals surface area (Å²) in [6.07, 6.45) is 0. The fraction of sp³-hybridized carbons (Fsp3) is 0.444. The van der Waals surface area contributed by atoms with E-state index in [1.165, 1.54) is 11.3 Å². The maximum absolute atomic E-state index is 11.9. The summed E-state index contributed by atoms with van der Waals surface area (Å²) in [7, 11) is 1.86. The average molecular weight is 275 g/mol. The number of carbonyl (C=O) groups is 1. The summed E-state index contributed by atoms with van der Waals surface area (Å²) in [6.45, 7) is 1.82. The predicted octanol–water partition coefficient (Wildman–Crippen LogP) is 1.55. The van der Waals surface area contributed by atoms with Crippen molar-refractivity contribution in [3.8, 4) is 0 Å². The van der Waals surface area contributed by atoms with Gasteiger partial charge in [-0.15, -0.1) is 11.3 Å². The Labute approximate surface area is 95.2 Å². The van der Waals surface area contributed by atoms with E-state index < -0.39 is 0 Å². The monoisotopic (exact) mass is 274 g/mol. The second kappa shape index (κ2) is 4.00. The Kier molecular flexibility index (Phi) is 2.90. The van der Waals surface area contributed by atoms with E-state index >= 15 is 0 Å². The van der Waals surface area contributed by atoms with Gasteiger partial charge in [-0.25, -0.2) is 0 Å². The molecule has 2 rings (SSSR count). The third-order valence-corrected chi connectivity index (χ3v) is 4.27. The molecule has 1 aliphatic heterocycles. The summed E-state index contributed by atoms with van der Waals surface area (Å²) >= 11 is 4.85. The second-order valence-corrected chi connectivity index (χ2v) is 5.10. The van der Waals surface area contributed by atoms with Crippen molar-refractivity contribution in [3.05, 3.63) is 20.8 Å². The molecule has 5 heteroatoms. The number of likely N-dealkylation sites (N-methyl/N-ethyl adjacent to an activating group) is 1. The number of thiophene rings is 1. The lowest BCUT2D eigenvalue weighted by Gasteiger charge is -2.35. The molecule has 0 bridgehead atoms. The zero-order chi connectivity index (χ0) is 10.1. The molecule has 1 amide bonds. The van der Waals surface area contributed by atoms with Gasteiger partial charge in [0.05, 0.1) is 6.04 Å². The van der Waals surface area contributed by atoms with Gasteiger partial charge in [-0.2, -0.15) is 0 Å². The second-order valence-electron chi connectivity index (χ2n) is 3.33. The predicted molar refractivity (Wildman–Crippen MR) is 60.8 cm³/mol. The molecule has 1 N–H and O–H groups in total. The minimum atomic E-state index is 0.110. The molecule has 0 atom stereocenters. The van der Waals surface area contributed by atoms with Crippen LogP contribution in [0.2, 0.25) is 0 Å². The van der Waals surface area contributed by atoms with Crippen LogP contribution in [-0.2, 0) is 0 Å². The number of nitrogens with one attached hydrogen (secondary N) is 1. The van der Waals surface area contributed by atoms with Gasteiger partial charge in [0.15, 0.2) is 0 Å². The first kappa shape index (κ1) is 10.1. The largest absolute Gasteiger partial charge is 0.335 e. The van der Waals surface area contributed by atoms with Crippen molar-refractivity contribution in [2.24, 2.45) is 0 Å². The van der Waals surface area contributed by atoms with Crippen molar-refractivity contribution in [2.45, 2.75) is 6.04 Å². The Hall–Kier alpha value is -0.390. The van der Waals surface area contributed by atoms with E-state index in [1.54, 1.807) is 0 Å². The first-order valence-corrected chi connectivity index (χ1v) is 6.08. The van der Waals surface area contributed by atoms with Crippen LogP contribution in [0.3, 0.4) is 0 Å². The molecule has 3 nitrogen and oxygen atoms in total. The molecule has 0 aliphatic carbocycles. The summed E-state index contributed by atoms with van der Waals surface area (Å²) in [5, 5.41) is 5.08. The van der Waals surface area contributed by atoms with E-state index in [0.717, 1.165) is 22.4 Å². The summed E-state index contributed by atoms with van der Waals surface area (Å²) < 4.78 is 0.895. The maximum Gasteiger partial charge on any atom is 0.265 e. The molecule has 0 saturated carbocycles. The van der Waals surface area contributed by atoms with Gasteiger partial charge >= 0.3 is 0 Å². The SMILES string of the molecule is CN(C(=O)c1sccc1Br)C1CNC1. The Balaban J connectivity index is 2.11. The Morgan fingerprint density at radius 2 is 2.43 bits per heavy atom. The average Bonchev–Trinajstić information content (AvgIpc) is 2.47. The molecular weight excluding hydrogens is 264 g/mol. The van der Waals surface area contributed by atoms with Crippen molar-refractivity contribution in [1.82, 2.24) is 10.2 Å². The van der Waals surface area contributed by atoms with E-state index in [9.17, 15) is 4.79 Å². The summed E-state index contributed by atoms with van der Waals surface area (Å²) in [5.74, 6) is 0.110. The Morgan fingerprint density at radius 3 is 2.86 bits per heavy atom. The zero-order valence-electron chi connectivity index (χ0n) is 7.79. The highest BCUT2D eigenvalue weighted by Gasteiger charge is 2.27. The van der Waals surface area contributed by atoms with E-state index in [2.05, 4.69) is 21.2 Å². The van der Waals surface area contributed by atoms with Crippen LogP contribution in [0.5, 0.6) is 0 Å². The normalized spacial score (nSPS) is 16.4.